The van der Waals surface area contributed by atoms with Gasteiger partial charge in [0.15, 0.2) is 0 Å². The first-order valence-corrected chi connectivity index (χ1v) is 10.3. The molecule has 1 aromatic carbocycles. The normalized spacial score (nSPS) is 22.5. The number of benzene rings is 1. The van der Waals surface area contributed by atoms with Crippen molar-refractivity contribution in [1.82, 2.24) is 14.8 Å². The van der Waals surface area contributed by atoms with Crippen LogP contribution in [0.2, 0.25) is 0 Å². The van der Waals surface area contributed by atoms with Gasteiger partial charge in [-0.1, -0.05) is 32.1 Å². The van der Waals surface area contributed by atoms with E-state index in [1.54, 1.807) is 4.57 Å². The molecule has 0 saturated heterocycles. The molecule has 1 aliphatic carbocycles. The minimum absolute atomic E-state index is 0.101. The molecule has 28 heavy (non-hydrogen) atoms. The first kappa shape index (κ1) is 18.9. The molecule has 0 saturated carbocycles. The highest BCUT2D eigenvalue weighted by atomic mass is 16.2. The quantitative estimate of drug-likeness (QED) is 0.885. The topological polar surface area (TPSA) is 54.3 Å². The number of fused-ring (bicyclic) bond motifs is 2. The van der Waals surface area contributed by atoms with Crippen molar-refractivity contribution in [3.05, 3.63) is 41.6 Å². The lowest BCUT2D eigenvalue weighted by Gasteiger charge is -2.39. The van der Waals surface area contributed by atoms with E-state index >= 15 is 0 Å². The Balaban J connectivity index is 1.79. The lowest BCUT2D eigenvalue weighted by molar-refractivity contribution is -0.124. The van der Waals surface area contributed by atoms with Crippen LogP contribution in [0, 0.1) is 5.92 Å². The Morgan fingerprint density at radius 1 is 1.29 bits per heavy atom. The van der Waals surface area contributed by atoms with Crippen molar-refractivity contribution < 1.29 is 9.59 Å². The molecule has 1 amide bonds. The standard InChI is InChI=1S/C23H29N3O2/c1-5-14(3)24-23(28)16-10-18-17-8-7-9-19-22(17)15(11-20(18)25(4)12-16)13-26(19)21(27)6-2/h7-10,13-14,16,20H,5-6,11-12H2,1-4H3,(H,24,28)/t14?,16-,20-/m1/s1. The number of nitrogens with zero attached hydrogens (tertiary/aromatic N) is 2. The molecule has 0 radical (unpaired) electrons. The van der Waals surface area contributed by atoms with Crippen molar-refractivity contribution in [2.45, 2.75) is 52.1 Å². The first-order chi connectivity index (χ1) is 13.4. The molecule has 4 rings (SSSR count). The Kier molecular flexibility index (Phi) is 4.88. The SMILES string of the molecule is CCC(=O)n1cc2c3c(cccc31)C1=C[C@@H](C(=O)NC(C)CC)CN(C)[C@@H]1C2. The second-order valence-corrected chi connectivity index (χ2v) is 8.18. The molecule has 1 N–H and O–H groups in total. The fourth-order valence-corrected chi connectivity index (χ4v) is 4.55. The largest absolute Gasteiger partial charge is 0.353 e. The number of hydrogen-bond donors (Lipinski definition) is 1. The van der Waals surface area contributed by atoms with Crippen LogP contribution in [0.1, 0.15) is 49.5 Å². The number of aromatic nitrogens is 1. The third-order valence-electron chi connectivity index (χ3n) is 6.30. The van der Waals surface area contributed by atoms with Crippen molar-refractivity contribution in [2.75, 3.05) is 13.6 Å². The number of nitrogens with one attached hydrogen (secondary N) is 1. The Morgan fingerprint density at radius 2 is 2.07 bits per heavy atom. The van der Waals surface area contributed by atoms with Gasteiger partial charge in [-0.25, -0.2) is 0 Å². The van der Waals surface area contributed by atoms with E-state index in [2.05, 4.69) is 36.3 Å². The fraction of sp³-hybridized carbons (Fsp3) is 0.478. The van der Waals surface area contributed by atoms with Gasteiger partial charge in [0.1, 0.15) is 0 Å². The Morgan fingerprint density at radius 3 is 2.79 bits per heavy atom. The zero-order chi connectivity index (χ0) is 20.0. The van der Waals surface area contributed by atoms with Crippen LogP contribution < -0.4 is 5.32 Å². The molecule has 2 heterocycles. The van der Waals surface area contributed by atoms with E-state index in [0.29, 0.717) is 6.42 Å². The number of rotatable bonds is 4. The maximum absolute atomic E-state index is 12.8. The predicted octanol–water partition coefficient (Wildman–Crippen LogP) is 3.48. The molecule has 2 aromatic rings. The number of carbonyl (C=O) groups excluding carboxylic acids is 2. The van der Waals surface area contributed by atoms with Crippen molar-refractivity contribution in [3.8, 4) is 0 Å². The highest BCUT2D eigenvalue weighted by Gasteiger charge is 2.36. The van der Waals surface area contributed by atoms with Crippen LogP contribution in [0.5, 0.6) is 0 Å². The van der Waals surface area contributed by atoms with Gasteiger partial charge in [-0.15, -0.1) is 0 Å². The molecule has 1 aliphatic heterocycles. The summed E-state index contributed by atoms with van der Waals surface area (Å²) in [6.07, 6.45) is 6.47. The monoisotopic (exact) mass is 379 g/mol. The zero-order valence-corrected chi connectivity index (χ0v) is 17.2. The Hall–Kier alpha value is -2.40. The molecule has 1 aromatic heterocycles. The zero-order valence-electron chi connectivity index (χ0n) is 17.2. The number of amides is 1. The average Bonchev–Trinajstić information content (AvgIpc) is 3.07. The highest BCUT2D eigenvalue weighted by Crippen LogP contribution is 2.41. The Bertz CT molecular complexity index is 972. The summed E-state index contributed by atoms with van der Waals surface area (Å²) in [5, 5.41) is 4.30. The summed E-state index contributed by atoms with van der Waals surface area (Å²) in [6.45, 7) is 6.74. The van der Waals surface area contributed by atoms with Gasteiger partial charge in [0, 0.05) is 36.6 Å². The molecule has 0 spiro atoms. The van der Waals surface area contributed by atoms with Crippen molar-refractivity contribution >= 4 is 28.3 Å². The first-order valence-electron chi connectivity index (χ1n) is 10.3. The van der Waals surface area contributed by atoms with Crippen LogP contribution in [-0.2, 0) is 11.2 Å². The van der Waals surface area contributed by atoms with E-state index in [9.17, 15) is 9.59 Å². The summed E-state index contributed by atoms with van der Waals surface area (Å²) >= 11 is 0. The van der Waals surface area contributed by atoms with Gasteiger partial charge in [0.05, 0.1) is 11.4 Å². The third-order valence-corrected chi connectivity index (χ3v) is 6.30. The highest BCUT2D eigenvalue weighted by molar-refractivity contribution is 6.03. The lowest BCUT2D eigenvalue weighted by atomic mass is 9.80. The molecule has 1 unspecified atom stereocenters. The molecule has 0 fully saturated rings. The molecule has 0 bridgehead atoms. The van der Waals surface area contributed by atoms with E-state index in [4.69, 9.17) is 0 Å². The van der Waals surface area contributed by atoms with Crippen molar-refractivity contribution in [1.29, 1.82) is 0 Å². The van der Waals surface area contributed by atoms with Crippen LogP contribution in [0.25, 0.3) is 16.5 Å². The van der Waals surface area contributed by atoms with Crippen LogP contribution in [0.15, 0.2) is 30.5 Å². The van der Waals surface area contributed by atoms with E-state index in [1.165, 1.54) is 22.1 Å². The van der Waals surface area contributed by atoms with Crippen molar-refractivity contribution in [2.24, 2.45) is 5.92 Å². The van der Waals surface area contributed by atoms with Crippen molar-refractivity contribution in [3.63, 3.8) is 0 Å². The lowest BCUT2D eigenvalue weighted by Crippen LogP contribution is -2.47. The molecular formula is C23H29N3O2. The van der Waals surface area contributed by atoms with Gasteiger partial charge in [-0.05, 0) is 49.6 Å². The molecule has 3 atom stereocenters. The molecule has 5 nitrogen and oxygen atoms in total. The van der Waals surface area contributed by atoms with Gasteiger partial charge in [-0.2, -0.15) is 0 Å². The summed E-state index contributed by atoms with van der Waals surface area (Å²) in [7, 11) is 2.10. The summed E-state index contributed by atoms with van der Waals surface area (Å²) < 4.78 is 1.80. The van der Waals surface area contributed by atoms with Gasteiger partial charge in [-0.3, -0.25) is 19.1 Å². The molecular weight excluding hydrogens is 350 g/mol. The summed E-state index contributed by atoms with van der Waals surface area (Å²) in [4.78, 5) is 27.5. The predicted molar refractivity (Wildman–Crippen MR) is 112 cm³/mol. The minimum Gasteiger partial charge on any atom is -0.353 e. The second kappa shape index (κ2) is 7.21. The molecule has 148 valence electrons. The smallest absolute Gasteiger partial charge is 0.230 e. The van der Waals surface area contributed by atoms with Gasteiger partial charge in [0.25, 0.3) is 0 Å². The van der Waals surface area contributed by atoms with Crippen LogP contribution in [-0.4, -0.2) is 47.0 Å². The van der Waals surface area contributed by atoms with Crippen LogP contribution in [0.3, 0.4) is 0 Å². The van der Waals surface area contributed by atoms with E-state index in [0.717, 1.165) is 24.9 Å². The van der Waals surface area contributed by atoms with Crippen LogP contribution >= 0.6 is 0 Å². The molecule has 2 aliphatic rings. The minimum atomic E-state index is -0.151. The second-order valence-electron chi connectivity index (χ2n) is 8.18. The van der Waals surface area contributed by atoms with E-state index in [1.807, 2.05) is 32.2 Å². The number of hydrogen-bond acceptors (Lipinski definition) is 3. The summed E-state index contributed by atoms with van der Waals surface area (Å²) in [5.41, 5.74) is 4.59. The molecule has 5 heteroatoms. The number of carbonyl (C=O) groups is 2. The average molecular weight is 380 g/mol. The van der Waals surface area contributed by atoms with Gasteiger partial charge >= 0.3 is 0 Å². The summed E-state index contributed by atoms with van der Waals surface area (Å²) in [5.74, 6) is 0.0664. The maximum atomic E-state index is 12.8. The number of likely N-dealkylation sites (N-methyl/N-ethyl adjacent to an activating group) is 1. The summed E-state index contributed by atoms with van der Waals surface area (Å²) in [6, 6.07) is 6.61. The van der Waals surface area contributed by atoms with E-state index < -0.39 is 0 Å². The van der Waals surface area contributed by atoms with Gasteiger partial charge in [0.2, 0.25) is 11.8 Å². The van der Waals surface area contributed by atoms with Gasteiger partial charge < -0.3 is 5.32 Å². The van der Waals surface area contributed by atoms with E-state index in [-0.39, 0.29) is 29.8 Å². The maximum Gasteiger partial charge on any atom is 0.230 e. The fourth-order valence-electron chi connectivity index (χ4n) is 4.55. The third kappa shape index (κ3) is 2.98. The van der Waals surface area contributed by atoms with Crippen LogP contribution in [0.4, 0.5) is 0 Å². The Labute approximate surface area is 166 Å².